The second-order valence-corrected chi connectivity index (χ2v) is 8.78. The minimum absolute atomic E-state index is 0.0760. The summed E-state index contributed by atoms with van der Waals surface area (Å²) in [4.78, 5) is 43.0. The number of rotatable bonds is 8. The molecule has 0 fully saturated rings. The molecule has 11 heteroatoms. The van der Waals surface area contributed by atoms with E-state index in [-0.39, 0.29) is 24.4 Å². The third kappa shape index (κ3) is 5.77. The van der Waals surface area contributed by atoms with Crippen LogP contribution < -0.4 is 21.3 Å². The van der Waals surface area contributed by atoms with Gasteiger partial charge >= 0.3 is 5.69 Å². The molecule has 5 rings (SSSR count). The Morgan fingerprint density at radius 1 is 0.897 bits per heavy atom. The molecule has 3 N–H and O–H groups in total. The molecule has 0 saturated carbocycles. The third-order valence-electron chi connectivity index (χ3n) is 6.08. The number of aromatic nitrogens is 3. The van der Waals surface area contributed by atoms with Gasteiger partial charge in [0.15, 0.2) is 11.6 Å². The van der Waals surface area contributed by atoms with E-state index >= 15 is 0 Å². The number of carbonyl (C=O) groups is 1. The number of nitrogens with zero attached hydrogens (tertiary/aromatic N) is 1. The van der Waals surface area contributed by atoms with Crippen molar-refractivity contribution < 1.29 is 22.7 Å². The quantitative estimate of drug-likeness (QED) is 0.279. The first-order valence-electron chi connectivity index (χ1n) is 11.8. The van der Waals surface area contributed by atoms with Gasteiger partial charge in [-0.25, -0.2) is 18.0 Å². The van der Waals surface area contributed by atoms with Crippen molar-refractivity contribution in [1.82, 2.24) is 19.9 Å². The summed E-state index contributed by atoms with van der Waals surface area (Å²) in [5, 5.41) is 2.76. The average molecular weight is 534 g/mol. The number of aromatic amines is 2. The maximum absolute atomic E-state index is 13.6. The minimum atomic E-state index is -1.04. The number of fused-ring (bicyclic) bond motifs is 1. The van der Waals surface area contributed by atoms with Gasteiger partial charge in [-0.1, -0.05) is 18.2 Å². The zero-order valence-electron chi connectivity index (χ0n) is 20.2. The Hall–Kier alpha value is -5.06. The summed E-state index contributed by atoms with van der Waals surface area (Å²) in [7, 11) is 0. The van der Waals surface area contributed by atoms with E-state index in [1.165, 1.54) is 53.2 Å². The molecule has 0 saturated heterocycles. The molecule has 3 aromatic carbocycles. The summed E-state index contributed by atoms with van der Waals surface area (Å²) in [6.07, 6.45) is 1.43. The molecule has 198 valence electrons. The molecular weight excluding hydrogens is 513 g/mol. The lowest BCUT2D eigenvalue weighted by atomic mass is 10.1. The molecular formula is C28H21F3N4O4. The van der Waals surface area contributed by atoms with Gasteiger partial charge in [0, 0.05) is 12.3 Å². The summed E-state index contributed by atoms with van der Waals surface area (Å²) in [5.74, 6) is -2.81. The van der Waals surface area contributed by atoms with Gasteiger partial charge in [0.2, 0.25) is 0 Å². The smallest absolute Gasteiger partial charge is 0.323 e. The number of imidazole rings is 1. The largest absolute Gasteiger partial charge is 0.491 e. The van der Waals surface area contributed by atoms with Crippen molar-refractivity contribution >= 4 is 16.9 Å². The first kappa shape index (κ1) is 25.6. The van der Waals surface area contributed by atoms with Crippen LogP contribution in [0.15, 0.2) is 88.6 Å². The normalized spacial score (nSPS) is 11.9. The molecule has 0 radical (unpaired) electrons. The molecule has 5 aromatic rings. The summed E-state index contributed by atoms with van der Waals surface area (Å²) >= 11 is 0. The molecule has 0 aliphatic carbocycles. The first-order valence-corrected chi connectivity index (χ1v) is 11.8. The van der Waals surface area contributed by atoms with Crippen LogP contribution in [0.25, 0.3) is 11.0 Å². The standard InChI is InChI=1S/C28H21F3N4O4/c29-18-6-4-17(5-7-18)25(15-39-19-8-10-23-24(13-19)34-28(38)33-23)32-26(36)20-2-1-11-35(27(20)37)14-16-3-9-21(30)22(31)12-16/h1-13,25H,14-15H2,(H,32,36)(H2,33,34,38). The number of halogens is 3. The predicted octanol–water partition coefficient (Wildman–Crippen LogP) is 4.03. The molecule has 0 aliphatic rings. The minimum Gasteiger partial charge on any atom is -0.491 e. The van der Waals surface area contributed by atoms with Crippen LogP contribution in [0.1, 0.15) is 27.5 Å². The highest BCUT2D eigenvalue weighted by Gasteiger charge is 2.20. The van der Waals surface area contributed by atoms with Gasteiger partial charge in [-0.3, -0.25) is 9.59 Å². The second kappa shape index (κ2) is 10.7. The summed E-state index contributed by atoms with van der Waals surface area (Å²) in [6.45, 7) is -0.154. The molecule has 0 spiro atoms. The fourth-order valence-electron chi connectivity index (χ4n) is 4.10. The van der Waals surface area contributed by atoms with Crippen molar-refractivity contribution in [1.29, 1.82) is 0 Å². The van der Waals surface area contributed by atoms with E-state index in [2.05, 4.69) is 15.3 Å². The van der Waals surface area contributed by atoms with Crippen molar-refractivity contribution in [3.63, 3.8) is 0 Å². The summed E-state index contributed by atoms with van der Waals surface area (Å²) in [6, 6.07) is 15.7. The number of nitrogens with one attached hydrogen (secondary N) is 3. The lowest BCUT2D eigenvalue weighted by Crippen LogP contribution is -2.37. The molecule has 2 heterocycles. The van der Waals surface area contributed by atoms with Crippen molar-refractivity contribution in [2.45, 2.75) is 12.6 Å². The maximum atomic E-state index is 13.6. The second-order valence-electron chi connectivity index (χ2n) is 8.78. The van der Waals surface area contributed by atoms with Crippen molar-refractivity contribution in [3.05, 3.63) is 134 Å². The fourth-order valence-corrected chi connectivity index (χ4v) is 4.10. The highest BCUT2D eigenvalue weighted by molar-refractivity contribution is 5.94. The topological polar surface area (TPSA) is 109 Å². The van der Waals surface area contributed by atoms with Crippen LogP contribution in [-0.4, -0.2) is 27.0 Å². The van der Waals surface area contributed by atoms with Crippen LogP contribution in [-0.2, 0) is 6.54 Å². The SMILES string of the molecule is O=C(NC(COc1ccc2[nH]c(=O)[nH]c2c1)c1ccc(F)cc1)c1cccn(Cc2ccc(F)c(F)c2)c1=O. The van der Waals surface area contributed by atoms with Crippen molar-refractivity contribution in [3.8, 4) is 5.75 Å². The number of ether oxygens (including phenoxy) is 1. The Kier molecular flexibility index (Phi) is 7.04. The molecule has 1 amide bonds. The molecule has 0 bridgehead atoms. The fraction of sp³-hybridized carbons (Fsp3) is 0.107. The highest BCUT2D eigenvalue weighted by atomic mass is 19.2. The van der Waals surface area contributed by atoms with Gasteiger partial charge in [0.1, 0.15) is 23.7 Å². The highest BCUT2D eigenvalue weighted by Crippen LogP contribution is 2.20. The molecule has 1 atom stereocenters. The first-order chi connectivity index (χ1) is 18.8. The van der Waals surface area contributed by atoms with Crippen LogP contribution in [0.4, 0.5) is 13.2 Å². The Labute approximate surface area is 218 Å². The number of H-pyrrole nitrogens is 2. The van der Waals surface area contributed by atoms with Crippen molar-refractivity contribution in [2.24, 2.45) is 0 Å². The van der Waals surface area contributed by atoms with Gasteiger partial charge in [-0.2, -0.15) is 0 Å². The zero-order valence-corrected chi connectivity index (χ0v) is 20.2. The third-order valence-corrected chi connectivity index (χ3v) is 6.08. The van der Waals surface area contributed by atoms with Gasteiger partial charge in [0.05, 0.1) is 23.6 Å². The van der Waals surface area contributed by atoms with Gasteiger partial charge in [0.25, 0.3) is 11.5 Å². The lowest BCUT2D eigenvalue weighted by Gasteiger charge is -2.20. The van der Waals surface area contributed by atoms with Gasteiger partial charge in [-0.15, -0.1) is 0 Å². The lowest BCUT2D eigenvalue weighted by molar-refractivity contribution is 0.0919. The van der Waals surface area contributed by atoms with E-state index in [0.29, 0.717) is 27.9 Å². The van der Waals surface area contributed by atoms with Crippen LogP contribution in [0, 0.1) is 17.5 Å². The molecule has 1 unspecified atom stereocenters. The monoisotopic (exact) mass is 534 g/mol. The number of benzene rings is 3. The molecule has 2 aromatic heterocycles. The van der Waals surface area contributed by atoms with Crippen LogP contribution >= 0.6 is 0 Å². The number of hydrogen-bond donors (Lipinski definition) is 3. The van der Waals surface area contributed by atoms with Crippen molar-refractivity contribution in [2.75, 3.05) is 6.61 Å². The number of amides is 1. The van der Waals surface area contributed by atoms with Gasteiger partial charge < -0.3 is 24.6 Å². The molecule has 39 heavy (non-hydrogen) atoms. The molecule has 8 nitrogen and oxygen atoms in total. The number of hydrogen-bond acceptors (Lipinski definition) is 4. The summed E-state index contributed by atoms with van der Waals surface area (Å²) < 4.78 is 47.5. The summed E-state index contributed by atoms with van der Waals surface area (Å²) in [5.41, 5.74) is 0.812. The van der Waals surface area contributed by atoms with E-state index in [0.717, 1.165) is 12.1 Å². The number of pyridine rings is 1. The van der Waals surface area contributed by atoms with E-state index < -0.39 is 35.0 Å². The zero-order chi connectivity index (χ0) is 27.5. The van der Waals surface area contributed by atoms with E-state index in [4.69, 9.17) is 4.74 Å². The Morgan fingerprint density at radius 2 is 1.67 bits per heavy atom. The average Bonchev–Trinajstić information content (AvgIpc) is 3.29. The van der Waals surface area contributed by atoms with E-state index in [1.807, 2.05) is 0 Å². The van der Waals surface area contributed by atoms with E-state index in [1.54, 1.807) is 18.2 Å². The number of carbonyl (C=O) groups excluding carboxylic acids is 1. The van der Waals surface area contributed by atoms with Gasteiger partial charge in [-0.05, 0) is 59.7 Å². The Balaban J connectivity index is 1.37. The Bertz CT molecular complexity index is 1780. The van der Waals surface area contributed by atoms with E-state index in [9.17, 15) is 27.6 Å². The van der Waals surface area contributed by atoms with Crippen LogP contribution in [0.5, 0.6) is 5.75 Å². The predicted molar refractivity (Wildman–Crippen MR) is 137 cm³/mol. The maximum Gasteiger partial charge on any atom is 0.323 e. The van der Waals surface area contributed by atoms with Crippen LogP contribution in [0.2, 0.25) is 0 Å². The molecule has 0 aliphatic heterocycles. The Morgan fingerprint density at radius 3 is 2.44 bits per heavy atom. The van der Waals surface area contributed by atoms with Crippen LogP contribution in [0.3, 0.4) is 0 Å².